The van der Waals surface area contributed by atoms with Crippen LogP contribution in [0, 0.1) is 24.0 Å². The van der Waals surface area contributed by atoms with Gasteiger partial charge in [0.05, 0.1) is 15.5 Å². The van der Waals surface area contributed by atoms with Crippen molar-refractivity contribution in [1.29, 1.82) is 0 Å². The van der Waals surface area contributed by atoms with Gasteiger partial charge in [0.15, 0.2) is 0 Å². The van der Waals surface area contributed by atoms with Crippen LogP contribution in [0.5, 0.6) is 0 Å². The van der Waals surface area contributed by atoms with Gasteiger partial charge in [-0.05, 0) is 49.1 Å². The van der Waals surface area contributed by atoms with Crippen LogP contribution in [-0.4, -0.2) is 40.6 Å². The Hall–Kier alpha value is -4.56. The summed E-state index contributed by atoms with van der Waals surface area (Å²) >= 11 is 6.30. The van der Waals surface area contributed by atoms with Gasteiger partial charge >= 0.3 is 0 Å². The van der Waals surface area contributed by atoms with Crippen LogP contribution < -0.4 is 4.90 Å². The summed E-state index contributed by atoms with van der Waals surface area (Å²) in [6.07, 6.45) is 0. The maximum atomic E-state index is 13.8. The molecule has 9 heteroatoms. The molecule has 0 radical (unpaired) electrons. The van der Waals surface area contributed by atoms with Gasteiger partial charge in [0, 0.05) is 47.4 Å². The third kappa shape index (κ3) is 4.29. The van der Waals surface area contributed by atoms with E-state index in [-0.39, 0.29) is 29.4 Å². The molecule has 0 atom stereocenters. The van der Waals surface area contributed by atoms with Gasteiger partial charge in [-0.25, -0.2) is 0 Å². The third-order valence-electron chi connectivity index (χ3n) is 6.68. The van der Waals surface area contributed by atoms with Gasteiger partial charge in [-0.15, -0.1) is 0 Å². The van der Waals surface area contributed by atoms with Crippen LogP contribution in [0.4, 0.5) is 11.4 Å². The Kier molecular flexibility index (Phi) is 6.42. The summed E-state index contributed by atoms with van der Waals surface area (Å²) in [6, 6.07) is 19.8. The molecule has 0 unspecified atom stereocenters. The second kappa shape index (κ2) is 9.72. The normalized spacial score (nSPS) is 12.7. The molecular formula is C29H22ClN3O5. The highest BCUT2D eigenvalue weighted by Crippen LogP contribution is 2.31. The van der Waals surface area contributed by atoms with Crippen LogP contribution in [-0.2, 0) is 0 Å². The maximum Gasteiger partial charge on any atom is 0.270 e. The maximum absolute atomic E-state index is 13.8. The third-order valence-corrected chi connectivity index (χ3v) is 7.01. The molecule has 1 aliphatic rings. The van der Waals surface area contributed by atoms with Gasteiger partial charge in [0.25, 0.3) is 23.4 Å². The number of nitro groups is 1. The number of hydrogen-bond acceptors (Lipinski definition) is 5. The monoisotopic (exact) mass is 527 g/mol. The number of non-ortho nitro benzene ring substituents is 1. The Labute approximate surface area is 223 Å². The molecular weight excluding hydrogens is 506 g/mol. The fourth-order valence-corrected chi connectivity index (χ4v) is 5.06. The van der Waals surface area contributed by atoms with E-state index in [0.29, 0.717) is 22.2 Å². The zero-order valence-electron chi connectivity index (χ0n) is 20.6. The van der Waals surface area contributed by atoms with E-state index in [4.69, 9.17) is 11.6 Å². The Morgan fingerprint density at radius 2 is 1.61 bits per heavy atom. The van der Waals surface area contributed by atoms with E-state index in [2.05, 4.69) is 0 Å². The van der Waals surface area contributed by atoms with Crippen molar-refractivity contribution in [3.8, 4) is 0 Å². The fraction of sp³-hybridized carbons (Fsp3) is 0.138. The number of nitrogens with zero attached hydrogens (tertiary/aromatic N) is 3. The number of aryl methyl sites for hydroxylation is 2. The summed E-state index contributed by atoms with van der Waals surface area (Å²) in [5.41, 5.74) is 2.83. The van der Waals surface area contributed by atoms with E-state index in [0.717, 1.165) is 27.5 Å². The van der Waals surface area contributed by atoms with Gasteiger partial charge in [0.1, 0.15) is 0 Å². The lowest BCUT2D eigenvalue weighted by Gasteiger charge is -2.31. The molecule has 0 aromatic heterocycles. The zero-order chi connectivity index (χ0) is 27.1. The highest BCUT2D eigenvalue weighted by molar-refractivity contribution is 6.34. The van der Waals surface area contributed by atoms with Crippen molar-refractivity contribution in [2.24, 2.45) is 0 Å². The molecule has 3 amide bonds. The number of halogens is 1. The molecule has 1 aliphatic heterocycles. The summed E-state index contributed by atoms with van der Waals surface area (Å²) < 4.78 is 0. The number of anilines is 1. The zero-order valence-corrected chi connectivity index (χ0v) is 21.4. The molecule has 0 fully saturated rings. The lowest BCUT2D eigenvalue weighted by molar-refractivity contribution is -0.384. The van der Waals surface area contributed by atoms with Crippen molar-refractivity contribution < 1.29 is 19.3 Å². The van der Waals surface area contributed by atoms with E-state index < -0.39 is 22.6 Å². The van der Waals surface area contributed by atoms with Crippen LogP contribution in [0.15, 0.2) is 72.8 Å². The predicted octanol–water partition coefficient (Wildman–Crippen LogP) is 5.96. The predicted molar refractivity (Wildman–Crippen MR) is 145 cm³/mol. The van der Waals surface area contributed by atoms with Gasteiger partial charge in [-0.1, -0.05) is 53.6 Å². The molecule has 0 spiro atoms. The van der Waals surface area contributed by atoms with E-state index in [9.17, 15) is 24.5 Å². The second-order valence-electron chi connectivity index (χ2n) is 9.14. The lowest BCUT2D eigenvalue weighted by atomic mass is 9.94. The average Bonchev–Trinajstić information content (AvgIpc) is 2.89. The molecule has 190 valence electrons. The minimum Gasteiger partial charge on any atom is -0.306 e. The molecule has 0 N–H and O–H groups in total. The molecule has 4 aromatic carbocycles. The van der Waals surface area contributed by atoms with Crippen LogP contribution in [0.25, 0.3) is 10.8 Å². The molecule has 0 saturated heterocycles. The number of imide groups is 1. The van der Waals surface area contributed by atoms with Crippen molar-refractivity contribution in [3.05, 3.63) is 116 Å². The highest BCUT2D eigenvalue weighted by atomic mass is 35.5. The lowest BCUT2D eigenvalue weighted by Crippen LogP contribution is -2.46. The number of hydrogen-bond donors (Lipinski definition) is 0. The van der Waals surface area contributed by atoms with Crippen LogP contribution in [0.2, 0.25) is 5.02 Å². The first-order chi connectivity index (χ1) is 18.2. The quantitative estimate of drug-likeness (QED) is 0.175. The molecule has 0 saturated carbocycles. The van der Waals surface area contributed by atoms with Gasteiger partial charge in [0.2, 0.25) is 0 Å². The van der Waals surface area contributed by atoms with Gasteiger partial charge in [-0.3, -0.25) is 29.4 Å². The summed E-state index contributed by atoms with van der Waals surface area (Å²) in [7, 11) is 0. The van der Waals surface area contributed by atoms with Crippen molar-refractivity contribution in [3.63, 3.8) is 0 Å². The minimum atomic E-state index is -0.600. The van der Waals surface area contributed by atoms with Crippen molar-refractivity contribution >= 4 is 51.5 Å². The topological polar surface area (TPSA) is 101 Å². The summed E-state index contributed by atoms with van der Waals surface area (Å²) in [5.74, 6) is -1.47. The van der Waals surface area contributed by atoms with Crippen molar-refractivity contribution in [1.82, 2.24) is 4.90 Å². The van der Waals surface area contributed by atoms with Crippen molar-refractivity contribution in [2.45, 2.75) is 13.8 Å². The van der Waals surface area contributed by atoms with Gasteiger partial charge < -0.3 is 4.90 Å². The largest absolute Gasteiger partial charge is 0.306 e. The molecule has 0 aliphatic carbocycles. The van der Waals surface area contributed by atoms with E-state index >= 15 is 0 Å². The number of carbonyl (C=O) groups is 3. The van der Waals surface area contributed by atoms with Gasteiger partial charge in [-0.2, -0.15) is 0 Å². The minimum absolute atomic E-state index is 0.0443. The Bertz CT molecular complexity index is 1620. The molecule has 0 bridgehead atoms. The SMILES string of the molecule is Cc1ccc(N(CCN2C(=O)c3cccc4cccc(c34)C2=O)C(=O)c2cc([N+](=O)[O-])ccc2Cl)c(C)c1. The first kappa shape index (κ1) is 25.1. The Morgan fingerprint density at radius 1 is 0.947 bits per heavy atom. The van der Waals surface area contributed by atoms with Crippen LogP contribution in [0.3, 0.4) is 0 Å². The standard InChI is InChI=1S/C29H22ClN3O5/c1-17-9-12-25(18(2)15-17)31(29(36)23-16-20(33(37)38)10-11-24(23)30)13-14-32-27(34)21-7-3-5-19-6-4-8-22(26(19)21)28(32)35/h3-12,15-16H,13-14H2,1-2H3. The summed E-state index contributed by atoms with van der Waals surface area (Å²) in [5, 5.41) is 12.8. The second-order valence-corrected chi connectivity index (χ2v) is 9.55. The average molecular weight is 528 g/mol. The Morgan fingerprint density at radius 3 is 2.21 bits per heavy atom. The van der Waals surface area contributed by atoms with Crippen molar-refractivity contribution in [2.75, 3.05) is 18.0 Å². The molecule has 5 rings (SSSR count). The summed E-state index contributed by atoms with van der Waals surface area (Å²) in [6.45, 7) is 3.63. The number of carbonyl (C=O) groups excluding carboxylic acids is 3. The summed E-state index contributed by atoms with van der Waals surface area (Å²) in [4.78, 5) is 53.9. The Balaban J connectivity index is 1.53. The highest BCUT2D eigenvalue weighted by Gasteiger charge is 2.34. The molecule has 4 aromatic rings. The molecule has 1 heterocycles. The number of benzene rings is 4. The number of rotatable bonds is 6. The number of amides is 3. The van der Waals surface area contributed by atoms with Crippen LogP contribution in [0.1, 0.15) is 42.2 Å². The van der Waals surface area contributed by atoms with Crippen LogP contribution >= 0.6 is 11.6 Å². The smallest absolute Gasteiger partial charge is 0.270 e. The van der Waals surface area contributed by atoms with E-state index in [1.807, 2.05) is 38.1 Å². The molecule has 38 heavy (non-hydrogen) atoms. The first-order valence-electron chi connectivity index (χ1n) is 11.9. The first-order valence-corrected chi connectivity index (χ1v) is 12.3. The fourth-order valence-electron chi connectivity index (χ4n) is 4.86. The number of nitro benzene ring substituents is 1. The van der Waals surface area contributed by atoms with E-state index in [1.54, 1.807) is 30.3 Å². The molecule has 8 nitrogen and oxygen atoms in total. The van der Waals surface area contributed by atoms with E-state index in [1.165, 1.54) is 17.0 Å².